The molecule has 0 N–H and O–H groups in total. The van der Waals surface area contributed by atoms with Gasteiger partial charge in [-0.05, 0) is 29.7 Å². The van der Waals surface area contributed by atoms with Crippen molar-refractivity contribution in [1.82, 2.24) is 0 Å². The molecule has 0 fully saturated rings. The van der Waals surface area contributed by atoms with Crippen LogP contribution in [-0.4, -0.2) is 13.1 Å². The quantitative estimate of drug-likeness (QED) is 0.570. The Bertz CT molecular complexity index is 602. The Morgan fingerprint density at radius 3 is 2.41 bits per heavy atom. The first-order valence-corrected chi connectivity index (χ1v) is 7.20. The highest BCUT2D eigenvalue weighted by Crippen LogP contribution is 2.22. The molecule has 0 heterocycles. The maximum Gasteiger partial charge on any atom is 0.314 e. The van der Waals surface area contributed by atoms with E-state index in [0.29, 0.717) is 6.42 Å². The smallest absolute Gasteiger partial charge is 0.314 e. The first-order valence-electron chi connectivity index (χ1n) is 7.20. The Kier molecular flexibility index (Phi) is 5.78. The van der Waals surface area contributed by atoms with Gasteiger partial charge in [0.15, 0.2) is 0 Å². The number of hydrogen-bond donors (Lipinski definition) is 0. The van der Waals surface area contributed by atoms with Gasteiger partial charge in [0.2, 0.25) is 0 Å². The van der Waals surface area contributed by atoms with Crippen molar-refractivity contribution in [3.05, 3.63) is 78.4 Å². The Balaban J connectivity index is 2.00. The van der Waals surface area contributed by atoms with E-state index < -0.39 is 0 Å². The van der Waals surface area contributed by atoms with Gasteiger partial charge in [-0.2, -0.15) is 0 Å². The monoisotopic (exact) mass is 296 g/mol. The molecule has 0 spiro atoms. The van der Waals surface area contributed by atoms with Crippen LogP contribution in [0.1, 0.15) is 23.5 Å². The molecule has 0 bridgehead atoms. The van der Waals surface area contributed by atoms with E-state index in [0.717, 1.165) is 16.9 Å². The molecule has 0 saturated carbocycles. The highest BCUT2D eigenvalue weighted by molar-refractivity contribution is 5.78. The number of methoxy groups -OCH3 is 1. The van der Waals surface area contributed by atoms with Gasteiger partial charge in [-0.15, -0.1) is 6.58 Å². The molecule has 114 valence electrons. The SMILES string of the molecule is C=CC[C@H](C(=O)OCc1ccc(OC)cc1)c1ccccc1. The number of ether oxygens (including phenoxy) is 2. The fraction of sp³-hybridized carbons (Fsp3) is 0.211. The summed E-state index contributed by atoms with van der Waals surface area (Å²) in [5.41, 5.74) is 1.88. The van der Waals surface area contributed by atoms with Crippen LogP contribution in [-0.2, 0) is 16.1 Å². The second kappa shape index (κ2) is 8.03. The van der Waals surface area contributed by atoms with Crippen LogP contribution in [0, 0.1) is 0 Å². The molecule has 2 rings (SSSR count). The highest BCUT2D eigenvalue weighted by Gasteiger charge is 2.20. The van der Waals surface area contributed by atoms with Crippen molar-refractivity contribution in [2.45, 2.75) is 18.9 Å². The van der Waals surface area contributed by atoms with E-state index in [9.17, 15) is 4.79 Å². The van der Waals surface area contributed by atoms with Crippen molar-refractivity contribution < 1.29 is 14.3 Å². The van der Waals surface area contributed by atoms with Gasteiger partial charge in [-0.1, -0.05) is 48.5 Å². The van der Waals surface area contributed by atoms with Crippen LogP contribution in [0.2, 0.25) is 0 Å². The van der Waals surface area contributed by atoms with E-state index in [2.05, 4.69) is 6.58 Å². The number of carbonyl (C=O) groups is 1. The average molecular weight is 296 g/mol. The van der Waals surface area contributed by atoms with Gasteiger partial charge in [0.05, 0.1) is 13.0 Å². The number of esters is 1. The lowest BCUT2D eigenvalue weighted by molar-refractivity contribution is -0.146. The number of carbonyl (C=O) groups excluding carboxylic acids is 1. The lowest BCUT2D eigenvalue weighted by atomic mass is 9.96. The topological polar surface area (TPSA) is 35.5 Å². The first kappa shape index (κ1) is 15.8. The van der Waals surface area contributed by atoms with E-state index in [4.69, 9.17) is 9.47 Å². The standard InChI is InChI=1S/C19H20O3/c1-3-7-18(16-8-5-4-6-9-16)19(20)22-14-15-10-12-17(21-2)13-11-15/h3-6,8-13,18H,1,7,14H2,2H3/t18-/m0/s1. The molecule has 0 radical (unpaired) electrons. The second-order valence-corrected chi connectivity index (χ2v) is 4.94. The third-order valence-corrected chi connectivity index (χ3v) is 3.43. The highest BCUT2D eigenvalue weighted by atomic mass is 16.5. The number of hydrogen-bond acceptors (Lipinski definition) is 3. The summed E-state index contributed by atoms with van der Waals surface area (Å²) in [7, 11) is 1.62. The van der Waals surface area contributed by atoms with E-state index in [1.807, 2.05) is 54.6 Å². The van der Waals surface area contributed by atoms with Gasteiger partial charge < -0.3 is 9.47 Å². The average Bonchev–Trinajstić information content (AvgIpc) is 2.58. The van der Waals surface area contributed by atoms with Gasteiger partial charge in [0, 0.05) is 0 Å². The van der Waals surface area contributed by atoms with Crippen LogP contribution in [0.3, 0.4) is 0 Å². The van der Waals surface area contributed by atoms with E-state index in [1.54, 1.807) is 13.2 Å². The molecular weight excluding hydrogens is 276 g/mol. The molecule has 0 saturated heterocycles. The van der Waals surface area contributed by atoms with Crippen molar-refractivity contribution >= 4 is 5.97 Å². The van der Waals surface area contributed by atoms with E-state index >= 15 is 0 Å². The Labute approximate surface area is 131 Å². The minimum Gasteiger partial charge on any atom is -0.497 e. The van der Waals surface area contributed by atoms with Crippen molar-refractivity contribution in [3.8, 4) is 5.75 Å². The van der Waals surface area contributed by atoms with Crippen LogP contribution in [0.25, 0.3) is 0 Å². The zero-order chi connectivity index (χ0) is 15.8. The van der Waals surface area contributed by atoms with Gasteiger partial charge in [0.25, 0.3) is 0 Å². The summed E-state index contributed by atoms with van der Waals surface area (Å²) >= 11 is 0. The zero-order valence-electron chi connectivity index (χ0n) is 12.7. The first-order chi connectivity index (χ1) is 10.7. The zero-order valence-corrected chi connectivity index (χ0v) is 12.7. The Morgan fingerprint density at radius 2 is 1.82 bits per heavy atom. The summed E-state index contributed by atoms with van der Waals surface area (Å²) in [4.78, 5) is 12.3. The fourth-order valence-electron chi connectivity index (χ4n) is 2.20. The third kappa shape index (κ3) is 4.22. The lowest BCUT2D eigenvalue weighted by Gasteiger charge is -2.15. The van der Waals surface area contributed by atoms with Crippen LogP contribution < -0.4 is 4.74 Å². The maximum atomic E-state index is 12.3. The van der Waals surface area contributed by atoms with Crippen molar-refractivity contribution in [1.29, 1.82) is 0 Å². The number of benzene rings is 2. The maximum absolute atomic E-state index is 12.3. The van der Waals surface area contributed by atoms with Crippen molar-refractivity contribution in [2.75, 3.05) is 7.11 Å². The molecule has 2 aromatic carbocycles. The summed E-state index contributed by atoms with van der Waals surface area (Å²) in [6, 6.07) is 17.1. The molecule has 0 aliphatic rings. The molecular formula is C19H20O3. The van der Waals surface area contributed by atoms with E-state index in [-0.39, 0.29) is 18.5 Å². The van der Waals surface area contributed by atoms with Crippen molar-refractivity contribution in [2.24, 2.45) is 0 Å². The third-order valence-electron chi connectivity index (χ3n) is 3.43. The van der Waals surface area contributed by atoms with Gasteiger partial charge >= 0.3 is 5.97 Å². The molecule has 0 aliphatic heterocycles. The summed E-state index contributed by atoms with van der Waals surface area (Å²) in [5, 5.41) is 0. The fourth-order valence-corrected chi connectivity index (χ4v) is 2.20. The minimum absolute atomic E-state index is 0.234. The molecule has 3 heteroatoms. The van der Waals surface area contributed by atoms with Gasteiger partial charge in [0.1, 0.15) is 12.4 Å². The predicted octanol–water partition coefficient (Wildman–Crippen LogP) is 4.10. The molecule has 1 atom stereocenters. The molecule has 2 aromatic rings. The summed E-state index contributed by atoms with van der Waals surface area (Å²) in [5.74, 6) is 0.239. The number of rotatable bonds is 7. The molecule has 0 aromatic heterocycles. The second-order valence-electron chi connectivity index (χ2n) is 4.94. The number of allylic oxidation sites excluding steroid dienone is 1. The predicted molar refractivity (Wildman–Crippen MR) is 86.8 cm³/mol. The van der Waals surface area contributed by atoms with Crippen LogP contribution >= 0.6 is 0 Å². The molecule has 0 amide bonds. The normalized spacial score (nSPS) is 11.5. The van der Waals surface area contributed by atoms with Crippen LogP contribution in [0.15, 0.2) is 67.3 Å². The molecule has 0 unspecified atom stereocenters. The van der Waals surface area contributed by atoms with E-state index in [1.165, 1.54) is 0 Å². The van der Waals surface area contributed by atoms with Crippen molar-refractivity contribution in [3.63, 3.8) is 0 Å². The van der Waals surface area contributed by atoms with Gasteiger partial charge in [-0.25, -0.2) is 0 Å². The molecule has 0 aliphatic carbocycles. The van der Waals surface area contributed by atoms with Crippen LogP contribution in [0.5, 0.6) is 5.75 Å². The molecule has 22 heavy (non-hydrogen) atoms. The Morgan fingerprint density at radius 1 is 1.14 bits per heavy atom. The lowest BCUT2D eigenvalue weighted by Crippen LogP contribution is -2.15. The summed E-state index contributed by atoms with van der Waals surface area (Å²) < 4.78 is 10.5. The Hall–Kier alpha value is -2.55. The molecule has 3 nitrogen and oxygen atoms in total. The minimum atomic E-state index is -0.308. The summed E-state index contributed by atoms with van der Waals surface area (Å²) in [6.07, 6.45) is 2.30. The van der Waals surface area contributed by atoms with Gasteiger partial charge in [-0.3, -0.25) is 4.79 Å². The van der Waals surface area contributed by atoms with Crippen LogP contribution in [0.4, 0.5) is 0 Å². The summed E-state index contributed by atoms with van der Waals surface area (Å²) in [6.45, 7) is 3.98. The largest absolute Gasteiger partial charge is 0.497 e.